The van der Waals surface area contributed by atoms with Gasteiger partial charge in [-0.2, -0.15) is 0 Å². The predicted octanol–water partition coefficient (Wildman–Crippen LogP) is 3.01. The van der Waals surface area contributed by atoms with Crippen molar-refractivity contribution in [2.45, 2.75) is 50.5 Å². The molecule has 1 heterocycles. The van der Waals surface area contributed by atoms with Crippen LogP contribution < -0.4 is 10.1 Å². The molecule has 1 aliphatic carbocycles. The molecule has 2 aliphatic rings. The smallest absolute Gasteiger partial charge is 0.305 e. The summed E-state index contributed by atoms with van der Waals surface area (Å²) in [5.74, 6) is 0.166. The summed E-state index contributed by atoms with van der Waals surface area (Å²) in [5, 5.41) is 12.0. The van der Waals surface area contributed by atoms with E-state index in [9.17, 15) is 9.59 Å². The molecule has 1 aliphatic heterocycles. The first-order chi connectivity index (χ1) is 12.6. The molecule has 2 N–H and O–H groups in total. The SMILES string of the molecule is O=C(O)CC1(NC(=O)c2ccc(OCC3CCCCC3)cc2)CCOC1. The molecule has 0 spiro atoms. The second kappa shape index (κ2) is 8.54. The number of carboxylic acid groups (broad SMARTS) is 1. The molecule has 1 amide bonds. The van der Waals surface area contributed by atoms with Gasteiger partial charge in [-0.1, -0.05) is 19.3 Å². The molecule has 1 atom stereocenters. The summed E-state index contributed by atoms with van der Waals surface area (Å²) < 4.78 is 11.2. The van der Waals surface area contributed by atoms with Crippen molar-refractivity contribution in [3.63, 3.8) is 0 Å². The van der Waals surface area contributed by atoms with Gasteiger partial charge < -0.3 is 19.9 Å². The fraction of sp³-hybridized carbons (Fsp3) is 0.600. The zero-order valence-corrected chi connectivity index (χ0v) is 15.0. The number of carboxylic acids is 1. The fourth-order valence-corrected chi connectivity index (χ4v) is 3.76. The van der Waals surface area contributed by atoms with Crippen molar-refractivity contribution >= 4 is 11.9 Å². The van der Waals surface area contributed by atoms with E-state index in [1.165, 1.54) is 32.1 Å². The molecule has 1 aromatic rings. The maximum Gasteiger partial charge on any atom is 0.305 e. The Bertz CT molecular complexity index is 616. The van der Waals surface area contributed by atoms with E-state index in [-0.39, 0.29) is 18.9 Å². The van der Waals surface area contributed by atoms with Crippen molar-refractivity contribution in [3.8, 4) is 5.75 Å². The average molecular weight is 361 g/mol. The van der Waals surface area contributed by atoms with Crippen LogP contribution in [-0.2, 0) is 9.53 Å². The highest BCUT2D eigenvalue weighted by Crippen LogP contribution is 2.26. The Morgan fingerprint density at radius 3 is 2.54 bits per heavy atom. The monoisotopic (exact) mass is 361 g/mol. The molecule has 0 radical (unpaired) electrons. The zero-order valence-electron chi connectivity index (χ0n) is 15.0. The first-order valence-electron chi connectivity index (χ1n) is 9.41. The number of amides is 1. The summed E-state index contributed by atoms with van der Waals surface area (Å²) in [5.41, 5.74) is -0.328. The number of carbonyl (C=O) groups excluding carboxylic acids is 1. The largest absolute Gasteiger partial charge is 0.493 e. The van der Waals surface area contributed by atoms with Crippen LogP contribution in [-0.4, -0.2) is 42.3 Å². The third kappa shape index (κ3) is 4.97. The Morgan fingerprint density at radius 1 is 1.19 bits per heavy atom. The summed E-state index contributed by atoms with van der Waals surface area (Å²) in [6.45, 7) is 1.42. The Labute approximate surface area is 153 Å². The van der Waals surface area contributed by atoms with Gasteiger partial charge in [0.25, 0.3) is 5.91 Å². The molecule has 142 valence electrons. The van der Waals surface area contributed by atoms with Crippen LogP contribution in [0.5, 0.6) is 5.75 Å². The maximum atomic E-state index is 12.5. The lowest BCUT2D eigenvalue weighted by Gasteiger charge is -2.27. The number of benzene rings is 1. The lowest BCUT2D eigenvalue weighted by atomic mass is 9.90. The number of hydrogen-bond acceptors (Lipinski definition) is 4. The van der Waals surface area contributed by atoms with Crippen molar-refractivity contribution in [2.24, 2.45) is 5.92 Å². The highest BCUT2D eigenvalue weighted by molar-refractivity contribution is 5.95. The summed E-state index contributed by atoms with van der Waals surface area (Å²) >= 11 is 0. The van der Waals surface area contributed by atoms with Gasteiger partial charge in [-0.15, -0.1) is 0 Å². The van der Waals surface area contributed by atoms with Gasteiger partial charge in [0.2, 0.25) is 0 Å². The number of carbonyl (C=O) groups is 2. The quantitative estimate of drug-likeness (QED) is 0.780. The van der Waals surface area contributed by atoms with Crippen LogP contribution in [0.3, 0.4) is 0 Å². The molecule has 1 saturated heterocycles. The Balaban J connectivity index is 1.55. The van der Waals surface area contributed by atoms with E-state index in [0.717, 1.165) is 12.4 Å². The molecule has 6 nitrogen and oxygen atoms in total. The van der Waals surface area contributed by atoms with Gasteiger partial charge in [-0.3, -0.25) is 9.59 Å². The lowest BCUT2D eigenvalue weighted by Crippen LogP contribution is -2.50. The van der Waals surface area contributed by atoms with Gasteiger partial charge in [-0.25, -0.2) is 0 Å². The predicted molar refractivity (Wildman–Crippen MR) is 96.4 cm³/mol. The number of nitrogens with one attached hydrogen (secondary N) is 1. The average Bonchev–Trinajstić information content (AvgIpc) is 3.08. The van der Waals surface area contributed by atoms with Crippen LogP contribution in [0, 0.1) is 5.92 Å². The van der Waals surface area contributed by atoms with Crippen LogP contribution in [0.2, 0.25) is 0 Å². The van der Waals surface area contributed by atoms with Crippen molar-refractivity contribution in [1.82, 2.24) is 5.32 Å². The molecule has 1 unspecified atom stereocenters. The first kappa shape index (κ1) is 18.7. The van der Waals surface area contributed by atoms with Gasteiger partial charge in [0.1, 0.15) is 5.75 Å². The molecule has 0 aromatic heterocycles. The van der Waals surface area contributed by atoms with E-state index < -0.39 is 11.5 Å². The minimum Gasteiger partial charge on any atom is -0.493 e. The highest BCUT2D eigenvalue weighted by Gasteiger charge is 2.38. The van der Waals surface area contributed by atoms with Gasteiger partial charge in [0.05, 0.1) is 25.2 Å². The van der Waals surface area contributed by atoms with E-state index in [4.69, 9.17) is 14.6 Å². The number of aliphatic carboxylic acids is 1. The van der Waals surface area contributed by atoms with Crippen LogP contribution in [0.15, 0.2) is 24.3 Å². The first-order valence-corrected chi connectivity index (χ1v) is 9.41. The molecular formula is C20H27NO5. The van der Waals surface area contributed by atoms with Gasteiger partial charge in [-0.05, 0) is 49.4 Å². The van der Waals surface area contributed by atoms with E-state index in [0.29, 0.717) is 24.5 Å². The van der Waals surface area contributed by atoms with E-state index in [1.54, 1.807) is 24.3 Å². The third-order valence-electron chi connectivity index (χ3n) is 5.30. The van der Waals surface area contributed by atoms with Crippen molar-refractivity contribution in [3.05, 3.63) is 29.8 Å². The Kier molecular flexibility index (Phi) is 6.14. The van der Waals surface area contributed by atoms with Crippen LogP contribution in [0.1, 0.15) is 55.3 Å². The standard InChI is InChI=1S/C20H27NO5/c22-18(23)12-20(10-11-25-14-20)21-19(24)16-6-8-17(9-7-16)26-13-15-4-2-1-3-5-15/h6-9,15H,1-5,10-14H2,(H,21,24)(H,22,23). The topological polar surface area (TPSA) is 84.9 Å². The summed E-state index contributed by atoms with van der Waals surface area (Å²) in [6.07, 6.45) is 6.73. The van der Waals surface area contributed by atoms with Crippen LogP contribution in [0.4, 0.5) is 0 Å². The van der Waals surface area contributed by atoms with Crippen LogP contribution >= 0.6 is 0 Å². The number of hydrogen-bond donors (Lipinski definition) is 2. The van der Waals surface area contributed by atoms with Crippen LogP contribution in [0.25, 0.3) is 0 Å². The lowest BCUT2D eigenvalue weighted by molar-refractivity contribution is -0.138. The molecule has 6 heteroatoms. The minimum absolute atomic E-state index is 0.138. The Hall–Kier alpha value is -2.08. The highest BCUT2D eigenvalue weighted by atomic mass is 16.5. The van der Waals surface area contributed by atoms with Crippen molar-refractivity contribution < 1.29 is 24.2 Å². The number of ether oxygens (including phenoxy) is 2. The molecule has 1 aromatic carbocycles. The second-order valence-corrected chi connectivity index (χ2v) is 7.45. The Morgan fingerprint density at radius 2 is 1.92 bits per heavy atom. The molecule has 2 fully saturated rings. The van der Waals surface area contributed by atoms with E-state index in [1.807, 2.05) is 0 Å². The molecule has 1 saturated carbocycles. The zero-order chi connectivity index (χ0) is 18.4. The molecule has 3 rings (SSSR count). The second-order valence-electron chi connectivity index (χ2n) is 7.45. The molecule has 0 bridgehead atoms. The van der Waals surface area contributed by atoms with Gasteiger partial charge >= 0.3 is 5.97 Å². The summed E-state index contributed by atoms with van der Waals surface area (Å²) in [7, 11) is 0. The van der Waals surface area contributed by atoms with E-state index in [2.05, 4.69) is 5.32 Å². The van der Waals surface area contributed by atoms with Gasteiger partial charge in [0.15, 0.2) is 0 Å². The van der Waals surface area contributed by atoms with Crippen molar-refractivity contribution in [2.75, 3.05) is 19.8 Å². The maximum absolute atomic E-state index is 12.5. The summed E-state index contributed by atoms with van der Waals surface area (Å²) in [4.78, 5) is 23.6. The minimum atomic E-state index is -0.942. The van der Waals surface area contributed by atoms with Crippen molar-refractivity contribution in [1.29, 1.82) is 0 Å². The van der Waals surface area contributed by atoms with Gasteiger partial charge in [0, 0.05) is 12.2 Å². The molecular weight excluding hydrogens is 334 g/mol. The third-order valence-corrected chi connectivity index (χ3v) is 5.30. The normalized spacial score (nSPS) is 23.5. The van der Waals surface area contributed by atoms with E-state index >= 15 is 0 Å². The number of rotatable bonds is 7. The fourth-order valence-electron chi connectivity index (χ4n) is 3.76. The molecule has 26 heavy (non-hydrogen) atoms. The summed E-state index contributed by atoms with van der Waals surface area (Å²) in [6, 6.07) is 7.03.